The van der Waals surface area contributed by atoms with Crippen molar-refractivity contribution in [2.75, 3.05) is 0 Å². The van der Waals surface area contributed by atoms with E-state index in [0.717, 1.165) is 18.3 Å². The lowest BCUT2D eigenvalue weighted by molar-refractivity contribution is 0.0411. The Bertz CT molecular complexity index is 153. The van der Waals surface area contributed by atoms with Crippen LogP contribution in [0.25, 0.3) is 0 Å². The summed E-state index contributed by atoms with van der Waals surface area (Å²) in [6.07, 6.45) is 7.85. The van der Waals surface area contributed by atoms with E-state index in [2.05, 4.69) is 13.8 Å². The molecule has 1 rings (SSSR count). The van der Waals surface area contributed by atoms with Gasteiger partial charge < -0.3 is 5.11 Å². The van der Waals surface area contributed by atoms with Crippen LogP contribution in [0.4, 0.5) is 0 Å². The SMILES string of the molecule is CCC1CCCCC1C(CC)C(C)O. The molecule has 0 aliphatic heterocycles. The predicted molar refractivity (Wildman–Crippen MR) is 61.2 cm³/mol. The predicted octanol–water partition coefficient (Wildman–Crippen LogP) is 3.61. The van der Waals surface area contributed by atoms with E-state index >= 15 is 0 Å². The van der Waals surface area contributed by atoms with E-state index in [1.807, 2.05) is 6.92 Å². The summed E-state index contributed by atoms with van der Waals surface area (Å²) in [6.45, 7) is 6.49. The van der Waals surface area contributed by atoms with E-state index in [9.17, 15) is 5.11 Å². The molecule has 0 aromatic rings. The lowest BCUT2D eigenvalue weighted by Gasteiger charge is -2.38. The first kappa shape index (κ1) is 12.0. The smallest absolute Gasteiger partial charge is 0.0542 e. The van der Waals surface area contributed by atoms with Crippen LogP contribution in [0.5, 0.6) is 0 Å². The second-order valence-electron chi connectivity index (χ2n) is 4.93. The van der Waals surface area contributed by atoms with Crippen LogP contribution in [-0.4, -0.2) is 11.2 Å². The molecule has 1 aliphatic rings. The molecule has 0 saturated heterocycles. The van der Waals surface area contributed by atoms with Crippen molar-refractivity contribution in [2.24, 2.45) is 17.8 Å². The summed E-state index contributed by atoms with van der Waals surface area (Å²) >= 11 is 0. The van der Waals surface area contributed by atoms with E-state index in [4.69, 9.17) is 0 Å². The van der Waals surface area contributed by atoms with Gasteiger partial charge in [-0.2, -0.15) is 0 Å². The van der Waals surface area contributed by atoms with Gasteiger partial charge in [0, 0.05) is 0 Å². The Morgan fingerprint density at radius 2 is 1.86 bits per heavy atom. The lowest BCUT2D eigenvalue weighted by atomic mass is 9.69. The van der Waals surface area contributed by atoms with Gasteiger partial charge in [-0.15, -0.1) is 0 Å². The van der Waals surface area contributed by atoms with Gasteiger partial charge in [-0.3, -0.25) is 0 Å². The van der Waals surface area contributed by atoms with Crippen LogP contribution in [0.2, 0.25) is 0 Å². The maximum absolute atomic E-state index is 9.78. The molecule has 1 nitrogen and oxygen atoms in total. The zero-order valence-electron chi connectivity index (χ0n) is 10.00. The highest BCUT2D eigenvalue weighted by Gasteiger charge is 2.31. The summed E-state index contributed by atoms with van der Waals surface area (Å²) in [6, 6.07) is 0. The summed E-state index contributed by atoms with van der Waals surface area (Å²) in [5.74, 6) is 2.21. The van der Waals surface area contributed by atoms with Gasteiger partial charge in [-0.05, 0) is 31.1 Å². The monoisotopic (exact) mass is 198 g/mol. The van der Waals surface area contributed by atoms with Crippen LogP contribution in [0.3, 0.4) is 0 Å². The van der Waals surface area contributed by atoms with Crippen molar-refractivity contribution in [3.8, 4) is 0 Å². The van der Waals surface area contributed by atoms with Gasteiger partial charge in [-0.25, -0.2) is 0 Å². The van der Waals surface area contributed by atoms with Crippen molar-refractivity contribution in [3.63, 3.8) is 0 Å². The molecule has 1 fully saturated rings. The largest absolute Gasteiger partial charge is 0.393 e. The van der Waals surface area contributed by atoms with E-state index in [-0.39, 0.29) is 6.10 Å². The quantitative estimate of drug-likeness (QED) is 0.731. The van der Waals surface area contributed by atoms with Crippen molar-refractivity contribution < 1.29 is 5.11 Å². The molecule has 0 aromatic heterocycles. The highest BCUT2D eigenvalue weighted by molar-refractivity contribution is 4.82. The minimum Gasteiger partial charge on any atom is -0.393 e. The Morgan fingerprint density at radius 1 is 1.21 bits per heavy atom. The minimum absolute atomic E-state index is 0.114. The van der Waals surface area contributed by atoms with Crippen molar-refractivity contribution in [3.05, 3.63) is 0 Å². The summed E-state index contributed by atoms with van der Waals surface area (Å²) < 4.78 is 0. The van der Waals surface area contributed by atoms with Gasteiger partial charge in [0.15, 0.2) is 0 Å². The summed E-state index contributed by atoms with van der Waals surface area (Å²) in [7, 11) is 0. The third-order valence-electron chi connectivity index (χ3n) is 4.13. The molecule has 0 radical (unpaired) electrons. The topological polar surface area (TPSA) is 20.2 Å². The standard InChI is InChI=1S/C13H26O/c1-4-11-8-6-7-9-13(11)12(5-2)10(3)14/h10-14H,4-9H2,1-3H3. The molecule has 0 bridgehead atoms. The van der Waals surface area contributed by atoms with Crippen LogP contribution in [0.1, 0.15) is 59.3 Å². The van der Waals surface area contributed by atoms with Crippen molar-refractivity contribution in [1.82, 2.24) is 0 Å². The molecule has 1 aliphatic carbocycles. The maximum Gasteiger partial charge on any atom is 0.0542 e. The zero-order chi connectivity index (χ0) is 10.6. The van der Waals surface area contributed by atoms with E-state index in [1.165, 1.54) is 32.1 Å². The van der Waals surface area contributed by atoms with E-state index in [0.29, 0.717) is 5.92 Å². The average molecular weight is 198 g/mol. The van der Waals surface area contributed by atoms with Gasteiger partial charge in [0.1, 0.15) is 0 Å². The van der Waals surface area contributed by atoms with E-state index in [1.54, 1.807) is 0 Å². The summed E-state index contributed by atoms with van der Waals surface area (Å²) in [5.41, 5.74) is 0. The highest BCUT2D eigenvalue weighted by atomic mass is 16.3. The second-order valence-corrected chi connectivity index (χ2v) is 4.93. The molecule has 1 N–H and O–H groups in total. The van der Waals surface area contributed by atoms with Crippen molar-refractivity contribution in [1.29, 1.82) is 0 Å². The van der Waals surface area contributed by atoms with Gasteiger partial charge in [-0.1, -0.05) is 46.0 Å². The number of aliphatic hydroxyl groups excluding tert-OH is 1. The first-order chi connectivity index (χ1) is 6.70. The minimum atomic E-state index is -0.114. The van der Waals surface area contributed by atoms with E-state index < -0.39 is 0 Å². The second kappa shape index (κ2) is 5.75. The normalized spacial score (nSPS) is 32.6. The third kappa shape index (κ3) is 2.73. The Kier molecular flexibility index (Phi) is 4.94. The zero-order valence-corrected chi connectivity index (χ0v) is 10.00. The van der Waals surface area contributed by atoms with Crippen LogP contribution < -0.4 is 0 Å². The number of hydrogen-bond donors (Lipinski definition) is 1. The Hall–Kier alpha value is -0.0400. The molecular weight excluding hydrogens is 172 g/mol. The van der Waals surface area contributed by atoms with Crippen LogP contribution in [-0.2, 0) is 0 Å². The van der Waals surface area contributed by atoms with Gasteiger partial charge in [0.25, 0.3) is 0 Å². The number of rotatable bonds is 4. The van der Waals surface area contributed by atoms with Gasteiger partial charge in [0.05, 0.1) is 6.10 Å². The third-order valence-corrected chi connectivity index (χ3v) is 4.13. The van der Waals surface area contributed by atoms with Crippen LogP contribution >= 0.6 is 0 Å². The van der Waals surface area contributed by atoms with Gasteiger partial charge >= 0.3 is 0 Å². The first-order valence-electron chi connectivity index (χ1n) is 6.38. The molecule has 84 valence electrons. The molecule has 1 saturated carbocycles. The molecule has 0 heterocycles. The summed E-state index contributed by atoms with van der Waals surface area (Å²) in [4.78, 5) is 0. The first-order valence-corrected chi connectivity index (χ1v) is 6.38. The molecule has 0 spiro atoms. The Labute approximate surface area is 88.9 Å². The fourth-order valence-corrected chi connectivity index (χ4v) is 3.31. The molecule has 1 heteroatoms. The molecule has 4 atom stereocenters. The molecule has 4 unspecified atom stereocenters. The van der Waals surface area contributed by atoms with Crippen LogP contribution in [0.15, 0.2) is 0 Å². The number of aliphatic hydroxyl groups is 1. The fraction of sp³-hybridized carbons (Fsp3) is 1.00. The molecule has 0 amide bonds. The highest BCUT2D eigenvalue weighted by Crippen LogP contribution is 2.39. The fourth-order valence-electron chi connectivity index (χ4n) is 3.31. The lowest BCUT2D eigenvalue weighted by Crippen LogP contribution is -2.32. The summed E-state index contributed by atoms with van der Waals surface area (Å²) in [5, 5.41) is 9.78. The maximum atomic E-state index is 9.78. The molecule has 0 aromatic carbocycles. The average Bonchev–Trinajstić information content (AvgIpc) is 2.19. The molecule has 14 heavy (non-hydrogen) atoms. The van der Waals surface area contributed by atoms with Crippen molar-refractivity contribution in [2.45, 2.75) is 65.4 Å². The van der Waals surface area contributed by atoms with Crippen LogP contribution in [0, 0.1) is 17.8 Å². The number of hydrogen-bond acceptors (Lipinski definition) is 1. The van der Waals surface area contributed by atoms with Crippen molar-refractivity contribution >= 4 is 0 Å². The molecular formula is C13H26O. The van der Waals surface area contributed by atoms with Gasteiger partial charge in [0.2, 0.25) is 0 Å². The Morgan fingerprint density at radius 3 is 2.36 bits per heavy atom. The Balaban J connectivity index is 2.60.